The minimum absolute atomic E-state index is 0.220. The number of allylic oxidation sites excluding steroid dienone is 5. The normalized spacial score (nSPS) is 19.2. The number of para-hydroxylation sites is 1. The molecule has 7 aromatic rings. The molecule has 0 bridgehead atoms. The molecule has 4 atom stereocenters. The van der Waals surface area contributed by atoms with Crippen molar-refractivity contribution >= 4 is 33.3 Å². The Bertz CT molecular complexity index is 2610. The average Bonchev–Trinajstić information content (AvgIpc) is 3.62. The van der Waals surface area contributed by atoms with Crippen LogP contribution >= 0.6 is 11.8 Å². The molecule has 4 aliphatic rings. The molecule has 2 heteroatoms. The fraction of sp³-hybridized carbons (Fsp3) is 0.179. The highest BCUT2D eigenvalue weighted by Crippen LogP contribution is 2.42. The van der Waals surface area contributed by atoms with Gasteiger partial charge < -0.3 is 4.74 Å². The Balaban J connectivity index is 0.000000108. The van der Waals surface area contributed by atoms with Gasteiger partial charge in [0.15, 0.2) is 0 Å². The fourth-order valence-corrected chi connectivity index (χ4v) is 9.43. The number of thioether (sulfide) groups is 1. The van der Waals surface area contributed by atoms with Crippen molar-refractivity contribution in [3.05, 3.63) is 227 Å². The summed E-state index contributed by atoms with van der Waals surface area (Å²) < 4.78 is 5.85. The minimum Gasteiger partial charge on any atom is -0.485 e. The second-order valence-corrected chi connectivity index (χ2v) is 17.2. The summed E-state index contributed by atoms with van der Waals surface area (Å²) >= 11 is 2.01. The number of rotatable bonds is 1. The molecule has 0 aromatic heterocycles. The molecule has 0 amide bonds. The van der Waals surface area contributed by atoms with E-state index in [9.17, 15) is 0 Å². The van der Waals surface area contributed by atoms with E-state index in [0.717, 1.165) is 5.75 Å². The maximum Gasteiger partial charge on any atom is 0.128 e. The van der Waals surface area contributed by atoms with Crippen LogP contribution in [0.15, 0.2) is 204 Å². The lowest BCUT2D eigenvalue weighted by Crippen LogP contribution is -2.22. The van der Waals surface area contributed by atoms with Crippen molar-refractivity contribution in [2.45, 2.75) is 63.2 Å². The first kappa shape index (κ1) is 39.0. The van der Waals surface area contributed by atoms with E-state index < -0.39 is 0 Å². The van der Waals surface area contributed by atoms with E-state index in [1.54, 1.807) is 0 Å². The van der Waals surface area contributed by atoms with E-state index in [2.05, 4.69) is 211 Å². The lowest BCUT2D eigenvalue weighted by Gasteiger charge is -2.31. The second kappa shape index (κ2) is 17.8. The maximum absolute atomic E-state index is 5.85. The van der Waals surface area contributed by atoms with E-state index >= 15 is 0 Å². The van der Waals surface area contributed by atoms with Crippen molar-refractivity contribution < 1.29 is 4.74 Å². The predicted molar refractivity (Wildman–Crippen MR) is 250 cm³/mol. The fourth-order valence-electron chi connectivity index (χ4n) is 8.17. The molecule has 2 heterocycles. The van der Waals surface area contributed by atoms with Crippen LogP contribution in [-0.2, 0) is 6.42 Å². The Morgan fingerprint density at radius 1 is 0.517 bits per heavy atom. The summed E-state index contributed by atoms with van der Waals surface area (Å²) in [5, 5.41) is 5.99. The predicted octanol–water partition coefficient (Wildman–Crippen LogP) is 15.2. The van der Waals surface area contributed by atoms with Crippen LogP contribution in [0.4, 0.5) is 0 Å². The highest BCUT2D eigenvalue weighted by atomic mass is 32.2. The van der Waals surface area contributed by atoms with Gasteiger partial charge in [-0.2, -0.15) is 0 Å². The summed E-state index contributed by atoms with van der Waals surface area (Å²) in [4.78, 5) is 1.47. The largest absolute Gasteiger partial charge is 0.485 e. The van der Waals surface area contributed by atoms with Crippen molar-refractivity contribution in [2.75, 3.05) is 0 Å². The van der Waals surface area contributed by atoms with E-state index in [-0.39, 0.29) is 6.10 Å². The second-order valence-electron chi connectivity index (χ2n) is 16.0. The van der Waals surface area contributed by atoms with Crippen LogP contribution in [0.5, 0.6) is 5.75 Å². The number of hydrogen-bond acceptors (Lipinski definition) is 2. The Morgan fingerprint density at radius 2 is 1.12 bits per heavy atom. The maximum atomic E-state index is 5.85. The van der Waals surface area contributed by atoms with Gasteiger partial charge in [-0.05, 0) is 103 Å². The first-order chi connectivity index (χ1) is 28.3. The molecular formula is C56H52OS. The van der Waals surface area contributed by atoms with Gasteiger partial charge in [-0.15, -0.1) is 11.8 Å². The smallest absolute Gasteiger partial charge is 0.128 e. The van der Waals surface area contributed by atoms with Crippen molar-refractivity contribution in [1.29, 1.82) is 0 Å². The van der Waals surface area contributed by atoms with Gasteiger partial charge in [-0.25, -0.2) is 0 Å². The Labute approximate surface area is 349 Å². The monoisotopic (exact) mass is 772 g/mol. The molecule has 0 radical (unpaired) electrons. The lowest BCUT2D eigenvalue weighted by atomic mass is 9.90. The lowest BCUT2D eigenvalue weighted by molar-refractivity contribution is 0.268. The van der Waals surface area contributed by atoms with Gasteiger partial charge in [0.05, 0.1) is 0 Å². The summed E-state index contributed by atoms with van der Waals surface area (Å²) in [5.74, 6) is 2.17. The quantitative estimate of drug-likeness (QED) is 0.154. The SMILES string of the molecule is CC1=CC2Cc3ccccc3SC2C=C1.CC1=CC2Oc3ccccc3C2C=C1.Cc1ccc(-c2ccc(C)cc2)cc1.Cc1ccc2c(ccc3ccccc32)c1. The molecule has 0 spiro atoms. The van der Waals surface area contributed by atoms with Crippen molar-refractivity contribution in [1.82, 2.24) is 0 Å². The third kappa shape index (κ3) is 9.14. The average molecular weight is 773 g/mol. The van der Waals surface area contributed by atoms with Crippen LogP contribution in [0.2, 0.25) is 0 Å². The summed E-state index contributed by atoms with van der Waals surface area (Å²) in [6.45, 7) is 10.7. The summed E-state index contributed by atoms with van der Waals surface area (Å²) in [6.07, 6.45) is 15.1. The molecule has 4 unspecified atom stereocenters. The van der Waals surface area contributed by atoms with Crippen LogP contribution in [-0.4, -0.2) is 11.4 Å². The number of hydrogen-bond donors (Lipinski definition) is 0. The number of aryl methyl sites for hydroxylation is 3. The Hall–Kier alpha value is -5.83. The molecule has 0 saturated heterocycles. The molecule has 2 aliphatic heterocycles. The van der Waals surface area contributed by atoms with Crippen LogP contribution in [0.3, 0.4) is 0 Å². The molecule has 2 aliphatic carbocycles. The van der Waals surface area contributed by atoms with Crippen LogP contribution < -0.4 is 4.74 Å². The van der Waals surface area contributed by atoms with E-state index in [4.69, 9.17) is 4.74 Å². The summed E-state index contributed by atoms with van der Waals surface area (Å²) in [5.41, 5.74) is 12.0. The molecular weight excluding hydrogens is 721 g/mol. The summed E-state index contributed by atoms with van der Waals surface area (Å²) in [6, 6.07) is 53.9. The van der Waals surface area contributed by atoms with Crippen LogP contribution in [0.25, 0.3) is 32.7 Å². The van der Waals surface area contributed by atoms with E-state index in [0.29, 0.717) is 17.1 Å². The minimum atomic E-state index is 0.220. The molecule has 0 saturated carbocycles. The van der Waals surface area contributed by atoms with E-state index in [1.807, 2.05) is 23.9 Å². The Kier molecular flexibility index (Phi) is 11.9. The van der Waals surface area contributed by atoms with Gasteiger partial charge in [-0.3, -0.25) is 0 Å². The van der Waals surface area contributed by atoms with Gasteiger partial charge in [0, 0.05) is 21.6 Å². The van der Waals surface area contributed by atoms with Crippen LogP contribution in [0, 0.1) is 26.7 Å². The first-order valence-electron chi connectivity index (χ1n) is 20.5. The van der Waals surface area contributed by atoms with E-state index in [1.165, 1.54) is 83.0 Å². The first-order valence-corrected chi connectivity index (χ1v) is 21.4. The van der Waals surface area contributed by atoms with Gasteiger partial charge in [0.2, 0.25) is 0 Å². The molecule has 288 valence electrons. The molecule has 0 N–H and O–H groups in total. The number of benzene rings is 7. The van der Waals surface area contributed by atoms with Crippen LogP contribution in [0.1, 0.15) is 47.6 Å². The van der Waals surface area contributed by atoms with Gasteiger partial charge in [0.1, 0.15) is 11.9 Å². The Morgan fingerprint density at radius 3 is 1.90 bits per heavy atom. The topological polar surface area (TPSA) is 9.23 Å². The molecule has 1 nitrogen and oxygen atoms in total. The number of fused-ring (bicyclic) bond motifs is 8. The third-order valence-corrected chi connectivity index (χ3v) is 12.8. The highest BCUT2D eigenvalue weighted by molar-refractivity contribution is 8.00. The zero-order valence-electron chi connectivity index (χ0n) is 34.2. The molecule has 0 fully saturated rings. The molecule has 58 heavy (non-hydrogen) atoms. The summed E-state index contributed by atoms with van der Waals surface area (Å²) in [7, 11) is 0. The number of ether oxygens (including phenoxy) is 1. The molecule has 7 aromatic carbocycles. The van der Waals surface area contributed by atoms with Crippen molar-refractivity contribution in [2.24, 2.45) is 5.92 Å². The van der Waals surface area contributed by atoms with Gasteiger partial charge >= 0.3 is 0 Å². The van der Waals surface area contributed by atoms with Gasteiger partial charge in [-0.1, -0.05) is 198 Å². The zero-order chi connectivity index (χ0) is 40.0. The van der Waals surface area contributed by atoms with Gasteiger partial charge in [0.25, 0.3) is 0 Å². The van der Waals surface area contributed by atoms with Crippen molar-refractivity contribution in [3.8, 4) is 16.9 Å². The third-order valence-electron chi connectivity index (χ3n) is 11.4. The highest BCUT2D eigenvalue weighted by Gasteiger charge is 2.32. The van der Waals surface area contributed by atoms with Crippen molar-refractivity contribution in [3.63, 3.8) is 0 Å². The standard InChI is InChI=1S/C15H12.C14H14S.C14H14.C13H12O/c1-11-6-9-15-13(10-11)8-7-12-4-2-3-5-14(12)15;1-10-6-7-14-12(8-10)9-11-4-2-3-5-13(11)15-14;1-11-3-7-13(8-4-11)14-9-5-12(2)6-10-14;1-9-6-7-11-10-4-2-3-5-12(10)14-13(11)8-9/h2-10H,1H3;2-8,12,14H,9H2,1H3;3-10H,1-2H3;2-8,11,13H,1H3. The molecule has 11 rings (SSSR count). The zero-order valence-corrected chi connectivity index (χ0v) is 35.0.